The monoisotopic (exact) mass is 229 g/mol. The highest BCUT2D eigenvalue weighted by molar-refractivity contribution is 5.33. The van der Waals surface area contributed by atoms with Gasteiger partial charge < -0.3 is 5.32 Å². The highest BCUT2D eigenvalue weighted by Gasteiger charge is 2.07. The van der Waals surface area contributed by atoms with Crippen molar-refractivity contribution in [2.75, 3.05) is 5.32 Å². The van der Waals surface area contributed by atoms with Gasteiger partial charge in [0.05, 0.1) is 0 Å². The van der Waals surface area contributed by atoms with Crippen LogP contribution in [-0.4, -0.2) is 22.2 Å². The minimum absolute atomic E-state index is 0.257. The van der Waals surface area contributed by atoms with Gasteiger partial charge in [-0.3, -0.25) is 4.68 Å². The summed E-state index contributed by atoms with van der Waals surface area (Å²) in [5.74, 6) is 0.636. The number of anilines is 1. The molecular weight excluding hydrogens is 212 g/mol. The molecule has 0 radical (unpaired) electrons. The molecule has 0 fully saturated rings. The summed E-state index contributed by atoms with van der Waals surface area (Å²) in [6.07, 6.45) is 2.91. The molecule has 0 bridgehead atoms. The molecule has 1 unspecified atom stereocenters. The van der Waals surface area contributed by atoms with E-state index < -0.39 is 6.43 Å². The van der Waals surface area contributed by atoms with E-state index in [0.29, 0.717) is 5.82 Å². The van der Waals surface area contributed by atoms with Crippen molar-refractivity contribution in [1.29, 1.82) is 0 Å². The van der Waals surface area contributed by atoms with Crippen molar-refractivity contribution in [1.82, 2.24) is 9.78 Å². The Bertz CT molecular complexity index is 323. The molecule has 3 nitrogen and oxygen atoms in total. The summed E-state index contributed by atoms with van der Waals surface area (Å²) in [5.41, 5.74) is 0. The van der Waals surface area contributed by atoms with E-state index in [2.05, 4.69) is 17.0 Å². The van der Waals surface area contributed by atoms with Gasteiger partial charge in [0.1, 0.15) is 12.4 Å². The van der Waals surface area contributed by atoms with Gasteiger partial charge in [-0.25, -0.2) is 8.78 Å². The minimum atomic E-state index is -2.37. The van der Waals surface area contributed by atoms with Crippen LogP contribution in [0.3, 0.4) is 0 Å². The van der Waals surface area contributed by atoms with E-state index in [4.69, 9.17) is 0 Å². The molecule has 0 aliphatic rings. The lowest BCUT2D eigenvalue weighted by Crippen LogP contribution is -2.15. The lowest BCUT2D eigenvalue weighted by molar-refractivity contribution is 0.122. The number of hydrogen-bond acceptors (Lipinski definition) is 2. The van der Waals surface area contributed by atoms with E-state index >= 15 is 0 Å². The molecule has 16 heavy (non-hydrogen) atoms. The molecule has 0 aromatic carbocycles. The Hall–Kier alpha value is -1.39. The van der Waals surface area contributed by atoms with Crippen LogP contribution in [0, 0.1) is 0 Å². The van der Waals surface area contributed by atoms with E-state index in [-0.39, 0.29) is 12.6 Å². The number of halogens is 2. The summed E-state index contributed by atoms with van der Waals surface area (Å²) in [6, 6.07) is 1.96. The van der Waals surface area contributed by atoms with Gasteiger partial charge in [0.2, 0.25) is 0 Å². The normalized spacial score (nSPS) is 12.8. The van der Waals surface area contributed by atoms with Crippen molar-refractivity contribution in [3.8, 4) is 0 Å². The zero-order chi connectivity index (χ0) is 12.0. The molecule has 1 aromatic heterocycles. The summed E-state index contributed by atoms with van der Waals surface area (Å²) in [7, 11) is 0. The molecule has 0 spiro atoms. The van der Waals surface area contributed by atoms with Gasteiger partial charge >= 0.3 is 0 Å². The first-order chi connectivity index (χ1) is 7.61. The van der Waals surface area contributed by atoms with Crippen molar-refractivity contribution < 1.29 is 8.78 Å². The Kier molecular flexibility index (Phi) is 4.95. The molecule has 0 amide bonds. The number of rotatable bonds is 7. The van der Waals surface area contributed by atoms with Crippen LogP contribution >= 0.6 is 0 Å². The van der Waals surface area contributed by atoms with Gasteiger partial charge in [-0.2, -0.15) is 5.10 Å². The van der Waals surface area contributed by atoms with Crippen molar-refractivity contribution in [2.45, 2.75) is 38.8 Å². The molecule has 0 aliphatic carbocycles. The second-order valence-corrected chi connectivity index (χ2v) is 3.73. The Morgan fingerprint density at radius 1 is 1.62 bits per heavy atom. The Labute approximate surface area is 94.1 Å². The summed E-state index contributed by atoms with van der Waals surface area (Å²) in [5, 5.41) is 7.14. The molecule has 1 atom stereocenters. The Balaban J connectivity index is 2.41. The molecule has 5 heteroatoms. The number of nitrogens with zero attached hydrogens (tertiary/aromatic N) is 2. The summed E-state index contributed by atoms with van der Waals surface area (Å²) in [4.78, 5) is 0. The molecule has 1 heterocycles. The number of nitrogens with one attached hydrogen (secondary N) is 1. The van der Waals surface area contributed by atoms with Crippen LogP contribution in [0.5, 0.6) is 0 Å². The first-order valence-electron chi connectivity index (χ1n) is 5.31. The van der Waals surface area contributed by atoms with E-state index in [1.807, 2.05) is 13.0 Å². The number of alkyl halides is 2. The Morgan fingerprint density at radius 3 is 3.00 bits per heavy atom. The van der Waals surface area contributed by atoms with Crippen molar-refractivity contribution >= 4 is 5.82 Å². The van der Waals surface area contributed by atoms with Crippen LogP contribution in [0.1, 0.15) is 19.8 Å². The summed E-state index contributed by atoms with van der Waals surface area (Å²) >= 11 is 0. The average molecular weight is 229 g/mol. The zero-order valence-electron chi connectivity index (χ0n) is 9.37. The smallest absolute Gasteiger partial charge is 0.257 e. The van der Waals surface area contributed by atoms with E-state index in [1.54, 1.807) is 12.3 Å². The van der Waals surface area contributed by atoms with Gasteiger partial charge in [0.25, 0.3) is 6.43 Å². The van der Waals surface area contributed by atoms with Crippen LogP contribution in [0.15, 0.2) is 24.9 Å². The molecule has 1 N–H and O–H groups in total. The maximum atomic E-state index is 12.1. The van der Waals surface area contributed by atoms with Crippen LogP contribution in [0.4, 0.5) is 14.6 Å². The second-order valence-electron chi connectivity index (χ2n) is 3.73. The summed E-state index contributed by atoms with van der Waals surface area (Å²) < 4.78 is 25.4. The molecule has 1 aromatic rings. The lowest BCUT2D eigenvalue weighted by atomic mass is 10.2. The van der Waals surface area contributed by atoms with E-state index in [1.165, 1.54) is 4.68 Å². The molecule has 0 saturated carbocycles. The molecule has 90 valence electrons. The average Bonchev–Trinajstić information content (AvgIpc) is 2.61. The standard InChI is InChI=1S/C11H17F2N3/c1-3-4-5-9(2)14-11-6-7-16(15-11)8-10(12)13/h3,6-7,9-10H,1,4-5,8H2,2H3,(H,14,15). The van der Waals surface area contributed by atoms with Crippen molar-refractivity contribution in [2.24, 2.45) is 0 Å². The van der Waals surface area contributed by atoms with E-state index in [0.717, 1.165) is 12.8 Å². The van der Waals surface area contributed by atoms with Crippen molar-refractivity contribution in [3.63, 3.8) is 0 Å². The topological polar surface area (TPSA) is 29.9 Å². The molecule has 0 aliphatic heterocycles. The predicted octanol–water partition coefficient (Wildman–Crippen LogP) is 2.91. The quantitative estimate of drug-likeness (QED) is 0.728. The maximum Gasteiger partial charge on any atom is 0.257 e. The largest absolute Gasteiger partial charge is 0.366 e. The van der Waals surface area contributed by atoms with Crippen LogP contribution in [-0.2, 0) is 6.54 Å². The second kappa shape index (κ2) is 6.25. The third-order valence-electron chi connectivity index (χ3n) is 2.16. The number of hydrogen-bond donors (Lipinski definition) is 1. The zero-order valence-corrected chi connectivity index (χ0v) is 9.37. The third kappa shape index (κ3) is 4.42. The van der Waals surface area contributed by atoms with Gasteiger partial charge in [-0.1, -0.05) is 6.08 Å². The number of allylic oxidation sites excluding steroid dienone is 1. The van der Waals surface area contributed by atoms with Gasteiger partial charge in [-0.05, 0) is 19.8 Å². The van der Waals surface area contributed by atoms with Gasteiger partial charge in [-0.15, -0.1) is 6.58 Å². The van der Waals surface area contributed by atoms with Gasteiger partial charge in [0, 0.05) is 18.3 Å². The fourth-order valence-corrected chi connectivity index (χ4v) is 1.37. The Morgan fingerprint density at radius 2 is 2.38 bits per heavy atom. The van der Waals surface area contributed by atoms with Crippen LogP contribution < -0.4 is 5.32 Å². The highest BCUT2D eigenvalue weighted by atomic mass is 19.3. The van der Waals surface area contributed by atoms with Gasteiger partial charge in [0.15, 0.2) is 0 Å². The number of aromatic nitrogens is 2. The lowest BCUT2D eigenvalue weighted by Gasteiger charge is -2.11. The predicted molar refractivity (Wildman–Crippen MR) is 60.7 cm³/mol. The van der Waals surface area contributed by atoms with Crippen LogP contribution in [0.25, 0.3) is 0 Å². The van der Waals surface area contributed by atoms with E-state index in [9.17, 15) is 8.78 Å². The molecule has 1 rings (SSSR count). The fourth-order valence-electron chi connectivity index (χ4n) is 1.37. The minimum Gasteiger partial charge on any atom is -0.366 e. The highest BCUT2D eigenvalue weighted by Crippen LogP contribution is 2.09. The maximum absolute atomic E-state index is 12.1. The first-order valence-corrected chi connectivity index (χ1v) is 5.31. The third-order valence-corrected chi connectivity index (χ3v) is 2.16. The fraction of sp³-hybridized carbons (Fsp3) is 0.545. The van der Waals surface area contributed by atoms with Crippen molar-refractivity contribution in [3.05, 3.63) is 24.9 Å². The SMILES string of the molecule is C=CCCC(C)Nc1ccn(CC(F)F)n1. The first kappa shape index (κ1) is 12.7. The summed E-state index contributed by atoms with van der Waals surface area (Å²) in [6.45, 7) is 5.31. The molecule has 0 saturated heterocycles. The van der Waals surface area contributed by atoms with Crippen LogP contribution in [0.2, 0.25) is 0 Å². The molecular formula is C11H17F2N3.